The third-order valence-corrected chi connectivity index (χ3v) is 2.97. The van der Waals surface area contributed by atoms with Crippen molar-refractivity contribution in [3.63, 3.8) is 0 Å². The Balaban J connectivity index is 1.78. The van der Waals surface area contributed by atoms with E-state index in [4.69, 9.17) is 9.47 Å². The summed E-state index contributed by atoms with van der Waals surface area (Å²) in [6, 6.07) is 16.8. The molecule has 104 valence electrons. The maximum absolute atomic E-state index is 11.9. The van der Waals surface area contributed by atoms with E-state index >= 15 is 0 Å². The van der Waals surface area contributed by atoms with E-state index in [0.29, 0.717) is 30.9 Å². The van der Waals surface area contributed by atoms with E-state index in [1.54, 1.807) is 7.11 Å². The summed E-state index contributed by atoms with van der Waals surface area (Å²) in [5.74, 6) is 1.57. The lowest BCUT2D eigenvalue weighted by atomic mass is 10.1. The fraction of sp³-hybridized carbons (Fsp3) is 0.235. The lowest BCUT2D eigenvalue weighted by molar-refractivity contribution is 0.0973. The molecule has 0 aliphatic carbocycles. The number of Topliss-reactive ketones (excluding diaryl/α,β-unsaturated/α-hetero) is 1. The van der Waals surface area contributed by atoms with Gasteiger partial charge in [-0.1, -0.05) is 42.5 Å². The molecule has 0 bridgehead atoms. The van der Waals surface area contributed by atoms with Crippen molar-refractivity contribution >= 4 is 5.78 Å². The maximum Gasteiger partial charge on any atom is 0.163 e. The van der Waals surface area contributed by atoms with Crippen LogP contribution < -0.4 is 9.47 Å². The third-order valence-electron chi connectivity index (χ3n) is 2.97. The van der Waals surface area contributed by atoms with E-state index in [1.807, 2.05) is 54.6 Å². The van der Waals surface area contributed by atoms with Gasteiger partial charge in [0.25, 0.3) is 0 Å². The molecule has 0 saturated heterocycles. The summed E-state index contributed by atoms with van der Waals surface area (Å²) in [7, 11) is 1.61. The van der Waals surface area contributed by atoms with Crippen LogP contribution in [0, 0.1) is 0 Å². The normalized spacial score (nSPS) is 10.1. The lowest BCUT2D eigenvalue weighted by Gasteiger charge is -2.09. The molecule has 0 N–H and O–H groups in total. The Morgan fingerprint density at radius 2 is 1.60 bits per heavy atom. The predicted octanol–water partition coefficient (Wildman–Crippen LogP) is 3.74. The van der Waals surface area contributed by atoms with Crippen LogP contribution in [0.4, 0.5) is 0 Å². The highest BCUT2D eigenvalue weighted by Crippen LogP contribution is 2.25. The molecule has 0 aliphatic heterocycles. The number of ether oxygens (including phenoxy) is 2. The van der Waals surface area contributed by atoms with E-state index in [0.717, 1.165) is 5.56 Å². The number of methoxy groups -OCH3 is 1. The van der Waals surface area contributed by atoms with Crippen molar-refractivity contribution in [2.24, 2.45) is 0 Å². The maximum atomic E-state index is 11.9. The topological polar surface area (TPSA) is 35.5 Å². The molecule has 2 aromatic carbocycles. The Morgan fingerprint density at radius 3 is 2.30 bits per heavy atom. The van der Waals surface area contributed by atoms with Crippen molar-refractivity contribution < 1.29 is 14.3 Å². The molecule has 0 fully saturated rings. The second-order valence-electron chi connectivity index (χ2n) is 4.39. The first-order chi connectivity index (χ1) is 9.81. The minimum Gasteiger partial charge on any atom is -0.493 e. The molecule has 3 nitrogen and oxygen atoms in total. The van der Waals surface area contributed by atoms with Crippen LogP contribution in [0.1, 0.15) is 23.2 Å². The summed E-state index contributed by atoms with van der Waals surface area (Å²) < 4.78 is 10.8. The Bertz CT molecular complexity index is 549. The second-order valence-corrected chi connectivity index (χ2v) is 4.39. The average molecular weight is 270 g/mol. The highest BCUT2D eigenvalue weighted by Gasteiger charge is 2.06. The quantitative estimate of drug-likeness (QED) is 0.568. The number of para-hydroxylation sites is 2. The lowest BCUT2D eigenvalue weighted by Crippen LogP contribution is -2.04. The summed E-state index contributed by atoms with van der Waals surface area (Å²) in [5, 5.41) is 0. The molecular weight excluding hydrogens is 252 g/mol. The smallest absolute Gasteiger partial charge is 0.163 e. The zero-order valence-corrected chi connectivity index (χ0v) is 11.5. The van der Waals surface area contributed by atoms with Gasteiger partial charge in [-0.2, -0.15) is 0 Å². The fourth-order valence-electron chi connectivity index (χ4n) is 1.92. The first kappa shape index (κ1) is 14.1. The molecule has 0 radical (unpaired) electrons. The second kappa shape index (κ2) is 7.34. The summed E-state index contributed by atoms with van der Waals surface area (Å²) >= 11 is 0. The molecule has 0 saturated carbocycles. The van der Waals surface area contributed by atoms with Crippen LogP contribution >= 0.6 is 0 Å². The molecular formula is C17H18O3. The highest BCUT2D eigenvalue weighted by molar-refractivity contribution is 5.95. The molecule has 2 rings (SSSR count). The Morgan fingerprint density at radius 1 is 0.950 bits per heavy atom. The number of hydrogen-bond acceptors (Lipinski definition) is 3. The number of rotatable bonds is 7. The molecule has 0 heterocycles. The van der Waals surface area contributed by atoms with Gasteiger partial charge in [0, 0.05) is 12.0 Å². The van der Waals surface area contributed by atoms with Crippen LogP contribution in [0.3, 0.4) is 0 Å². The van der Waals surface area contributed by atoms with Crippen molar-refractivity contribution in [1.82, 2.24) is 0 Å². The van der Waals surface area contributed by atoms with E-state index in [1.165, 1.54) is 0 Å². The Labute approximate surface area is 119 Å². The van der Waals surface area contributed by atoms with Crippen LogP contribution in [0.2, 0.25) is 0 Å². The predicted molar refractivity (Wildman–Crippen MR) is 78.5 cm³/mol. The van der Waals surface area contributed by atoms with E-state index in [-0.39, 0.29) is 5.78 Å². The van der Waals surface area contributed by atoms with E-state index < -0.39 is 0 Å². The molecule has 0 unspecified atom stereocenters. The summed E-state index contributed by atoms with van der Waals surface area (Å²) in [6.07, 6.45) is 1.17. The van der Waals surface area contributed by atoms with Gasteiger partial charge < -0.3 is 9.47 Å². The van der Waals surface area contributed by atoms with Crippen molar-refractivity contribution in [3.05, 3.63) is 60.2 Å². The largest absolute Gasteiger partial charge is 0.493 e. The summed E-state index contributed by atoms with van der Waals surface area (Å²) in [6.45, 7) is 0.499. The number of ketones is 1. The molecule has 0 atom stereocenters. The van der Waals surface area contributed by atoms with Gasteiger partial charge in [0.2, 0.25) is 0 Å². The van der Waals surface area contributed by atoms with Gasteiger partial charge >= 0.3 is 0 Å². The molecule has 20 heavy (non-hydrogen) atoms. The fourth-order valence-corrected chi connectivity index (χ4v) is 1.92. The van der Waals surface area contributed by atoms with Gasteiger partial charge in [-0.25, -0.2) is 0 Å². The van der Waals surface area contributed by atoms with Gasteiger partial charge in [0.1, 0.15) is 0 Å². The van der Waals surface area contributed by atoms with Crippen LogP contribution in [0.25, 0.3) is 0 Å². The Kier molecular flexibility index (Phi) is 5.18. The highest BCUT2D eigenvalue weighted by atomic mass is 16.5. The van der Waals surface area contributed by atoms with Gasteiger partial charge in [-0.15, -0.1) is 0 Å². The SMILES string of the molecule is COc1ccccc1OCCCC(=O)c1ccccc1. The molecule has 0 amide bonds. The molecule has 0 aliphatic rings. The number of carbonyl (C=O) groups is 1. The first-order valence-electron chi connectivity index (χ1n) is 6.65. The van der Waals surface area contributed by atoms with Crippen LogP contribution in [0.5, 0.6) is 11.5 Å². The standard InChI is InChI=1S/C17H18O3/c1-19-16-11-5-6-12-17(16)20-13-7-10-15(18)14-8-3-2-4-9-14/h2-6,8-9,11-12H,7,10,13H2,1H3. The monoisotopic (exact) mass is 270 g/mol. The van der Waals surface area contributed by atoms with E-state index in [2.05, 4.69) is 0 Å². The van der Waals surface area contributed by atoms with Gasteiger partial charge in [-0.05, 0) is 18.6 Å². The number of hydrogen-bond donors (Lipinski definition) is 0. The number of benzene rings is 2. The number of carbonyl (C=O) groups excluding carboxylic acids is 1. The van der Waals surface area contributed by atoms with Crippen molar-refractivity contribution in [2.75, 3.05) is 13.7 Å². The minimum absolute atomic E-state index is 0.147. The molecule has 0 spiro atoms. The Hall–Kier alpha value is -2.29. The van der Waals surface area contributed by atoms with Crippen LogP contribution in [-0.4, -0.2) is 19.5 Å². The molecule has 2 aromatic rings. The summed E-state index contributed by atoms with van der Waals surface area (Å²) in [5.41, 5.74) is 0.754. The van der Waals surface area contributed by atoms with Crippen LogP contribution in [0.15, 0.2) is 54.6 Å². The minimum atomic E-state index is 0.147. The van der Waals surface area contributed by atoms with Crippen molar-refractivity contribution in [2.45, 2.75) is 12.8 Å². The van der Waals surface area contributed by atoms with Gasteiger partial charge in [0.15, 0.2) is 17.3 Å². The van der Waals surface area contributed by atoms with Crippen molar-refractivity contribution in [3.8, 4) is 11.5 Å². The molecule has 0 aromatic heterocycles. The molecule has 3 heteroatoms. The zero-order valence-electron chi connectivity index (χ0n) is 11.5. The summed E-state index contributed by atoms with van der Waals surface area (Å²) in [4.78, 5) is 11.9. The van der Waals surface area contributed by atoms with Gasteiger partial charge in [0.05, 0.1) is 13.7 Å². The zero-order chi connectivity index (χ0) is 14.2. The van der Waals surface area contributed by atoms with Gasteiger partial charge in [-0.3, -0.25) is 4.79 Å². The average Bonchev–Trinajstić information content (AvgIpc) is 2.52. The van der Waals surface area contributed by atoms with Crippen LogP contribution in [-0.2, 0) is 0 Å². The first-order valence-corrected chi connectivity index (χ1v) is 6.65. The third kappa shape index (κ3) is 3.85. The van der Waals surface area contributed by atoms with Crippen molar-refractivity contribution in [1.29, 1.82) is 0 Å². The van der Waals surface area contributed by atoms with E-state index in [9.17, 15) is 4.79 Å².